The molecule has 20 heavy (non-hydrogen) atoms. The van der Waals surface area contributed by atoms with E-state index in [1.54, 1.807) is 0 Å². The van der Waals surface area contributed by atoms with E-state index in [4.69, 9.17) is 0 Å². The molecule has 1 N–H and O–H groups in total. The first-order chi connectivity index (χ1) is 9.58. The molecule has 2 unspecified atom stereocenters. The van der Waals surface area contributed by atoms with Crippen molar-refractivity contribution in [2.45, 2.75) is 58.7 Å². The van der Waals surface area contributed by atoms with Gasteiger partial charge in [-0.05, 0) is 38.8 Å². The van der Waals surface area contributed by atoms with Gasteiger partial charge in [0.2, 0.25) is 0 Å². The number of carbonyl (C=O) groups excluding carboxylic acids is 1. The Kier molecular flexibility index (Phi) is 4.86. The molecule has 0 bridgehead atoms. The molecule has 112 valence electrons. The standard InChI is InChI=1S/C16H27N3O/c1-5-13-11-19(14(6-2)10-17-13)16(20)15-8-7-9-18(15)12(3)4/h7-9,12-14,17H,5-6,10-11H2,1-4H3. The average molecular weight is 277 g/mol. The molecule has 1 saturated heterocycles. The number of piperazine rings is 1. The number of amides is 1. The van der Waals surface area contributed by atoms with Gasteiger partial charge in [0, 0.05) is 37.4 Å². The summed E-state index contributed by atoms with van der Waals surface area (Å²) in [6.07, 6.45) is 4.06. The average Bonchev–Trinajstić information content (AvgIpc) is 2.95. The number of carbonyl (C=O) groups is 1. The Hall–Kier alpha value is -1.29. The largest absolute Gasteiger partial charge is 0.341 e. The topological polar surface area (TPSA) is 37.3 Å². The predicted molar refractivity (Wildman–Crippen MR) is 82.0 cm³/mol. The Labute approximate surface area is 122 Å². The van der Waals surface area contributed by atoms with E-state index in [1.807, 2.05) is 18.3 Å². The number of hydrogen-bond donors (Lipinski definition) is 1. The Balaban J connectivity index is 2.22. The molecule has 2 heterocycles. The van der Waals surface area contributed by atoms with Gasteiger partial charge in [0.25, 0.3) is 5.91 Å². The van der Waals surface area contributed by atoms with Crippen LogP contribution in [0.5, 0.6) is 0 Å². The van der Waals surface area contributed by atoms with Gasteiger partial charge in [-0.15, -0.1) is 0 Å². The minimum Gasteiger partial charge on any atom is -0.341 e. The molecular formula is C16H27N3O. The van der Waals surface area contributed by atoms with Crippen LogP contribution in [0.1, 0.15) is 57.1 Å². The zero-order valence-corrected chi connectivity index (χ0v) is 13.1. The van der Waals surface area contributed by atoms with E-state index in [2.05, 4.69) is 42.5 Å². The van der Waals surface area contributed by atoms with Gasteiger partial charge >= 0.3 is 0 Å². The fourth-order valence-electron chi connectivity index (χ4n) is 2.92. The molecule has 2 rings (SSSR count). The summed E-state index contributed by atoms with van der Waals surface area (Å²) in [5.74, 6) is 0.176. The molecule has 0 spiro atoms. The number of hydrogen-bond acceptors (Lipinski definition) is 2. The maximum atomic E-state index is 12.9. The van der Waals surface area contributed by atoms with Crippen LogP contribution in [0.15, 0.2) is 18.3 Å². The third-order valence-electron chi connectivity index (χ3n) is 4.28. The van der Waals surface area contributed by atoms with Gasteiger partial charge in [-0.1, -0.05) is 13.8 Å². The van der Waals surface area contributed by atoms with Gasteiger partial charge in [0.15, 0.2) is 0 Å². The van der Waals surface area contributed by atoms with E-state index in [-0.39, 0.29) is 5.91 Å². The number of aromatic nitrogens is 1. The van der Waals surface area contributed by atoms with E-state index in [0.717, 1.165) is 31.6 Å². The molecule has 1 aliphatic rings. The fourth-order valence-corrected chi connectivity index (χ4v) is 2.92. The Morgan fingerprint density at radius 3 is 2.75 bits per heavy atom. The molecule has 1 aromatic heterocycles. The molecule has 0 saturated carbocycles. The number of nitrogens with one attached hydrogen (secondary N) is 1. The zero-order valence-electron chi connectivity index (χ0n) is 13.1. The van der Waals surface area contributed by atoms with Crippen LogP contribution in [-0.2, 0) is 0 Å². The van der Waals surface area contributed by atoms with Crippen LogP contribution in [0.4, 0.5) is 0 Å². The summed E-state index contributed by atoms with van der Waals surface area (Å²) in [5, 5.41) is 3.54. The van der Waals surface area contributed by atoms with Crippen molar-refractivity contribution >= 4 is 5.91 Å². The summed E-state index contributed by atoms with van der Waals surface area (Å²) in [5.41, 5.74) is 0.815. The van der Waals surface area contributed by atoms with Crippen molar-refractivity contribution in [2.24, 2.45) is 0 Å². The molecule has 1 aliphatic heterocycles. The van der Waals surface area contributed by atoms with Gasteiger partial charge in [-0.25, -0.2) is 0 Å². The molecule has 4 nitrogen and oxygen atoms in total. The van der Waals surface area contributed by atoms with Gasteiger partial charge in [-0.2, -0.15) is 0 Å². The molecule has 0 radical (unpaired) electrons. The lowest BCUT2D eigenvalue weighted by atomic mass is 10.0. The second-order valence-corrected chi connectivity index (χ2v) is 5.93. The highest BCUT2D eigenvalue weighted by molar-refractivity contribution is 5.93. The minimum atomic E-state index is 0.176. The van der Waals surface area contributed by atoms with Gasteiger partial charge in [-0.3, -0.25) is 4.79 Å². The summed E-state index contributed by atoms with van der Waals surface area (Å²) >= 11 is 0. The third-order valence-corrected chi connectivity index (χ3v) is 4.28. The summed E-state index contributed by atoms with van der Waals surface area (Å²) < 4.78 is 2.07. The summed E-state index contributed by atoms with van der Waals surface area (Å²) in [6.45, 7) is 10.3. The first kappa shape index (κ1) is 15.1. The van der Waals surface area contributed by atoms with Gasteiger partial charge in [0.05, 0.1) is 0 Å². The van der Waals surface area contributed by atoms with E-state index in [9.17, 15) is 4.79 Å². The predicted octanol–water partition coefficient (Wildman–Crippen LogP) is 2.67. The smallest absolute Gasteiger partial charge is 0.270 e. The van der Waals surface area contributed by atoms with E-state index >= 15 is 0 Å². The molecule has 1 aromatic rings. The zero-order chi connectivity index (χ0) is 14.7. The van der Waals surface area contributed by atoms with Crippen molar-refractivity contribution < 1.29 is 4.79 Å². The van der Waals surface area contributed by atoms with Crippen LogP contribution in [-0.4, -0.2) is 40.5 Å². The van der Waals surface area contributed by atoms with E-state index in [1.165, 1.54) is 0 Å². The third kappa shape index (κ3) is 2.90. The lowest BCUT2D eigenvalue weighted by molar-refractivity contribution is 0.0563. The number of nitrogens with zero attached hydrogens (tertiary/aromatic N) is 2. The van der Waals surface area contributed by atoms with Crippen molar-refractivity contribution in [1.29, 1.82) is 0 Å². The van der Waals surface area contributed by atoms with Crippen molar-refractivity contribution in [3.05, 3.63) is 24.0 Å². The van der Waals surface area contributed by atoms with Crippen LogP contribution in [0, 0.1) is 0 Å². The Bertz CT molecular complexity index is 452. The Morgan fingerprint density at radius 1 is 1.40 bits per heavy atom. The van der Waals surface area contributed by atoms with Gasteiger partial charge < -0.3 is 14.8 Å². The van der Waals surface area contributed by atoms with Crippen molar-refractivity contribution in [1.82, 2.24) is 14.8 Å². The quantitative estimate of drug-likeness (QED) is 0.918. The SMILES string of the molecule is CCC1CN(C(=O)c2cccn2C(C)C)C(CC)CN1. The monoisotopic (exact) mass is 277 g/mol. The highest BCUT2D eigenvalue weighted by Crippen LogP contribution is 2.18. The molecule has 4 heteroatoms. The van der Waals surface area contributed by atoms with E-state index < -0.39 is 0 Å². The molecule has 1 amide bonds. The van der Waals surface area contributed by atoms with Gasteiger partial charge in [0.1, 0.15) is 5.69 Å². The molecule has 0 aliphatic carbocycles. The summed E-state index contributed by atoms with van der Waals surface area (Å²) in [7, 11) is 0. The lowest BCUT2D eigenvalue weighted by Gasteiger charge is -2.40. The molecule has 0 aromatic carbocycles. The minimum absolute atomic E-state index is 0.176. The lowest BCUT2D eigenvalue weighted by Crippen LogP contribution is -2.58. The van der Waals surface area contributed by atoms with Crippen LogP contribution < -0.4 is 5.32 Å². The van der Waals surface area contributed by atoms with Crippen LogP contribution in [0.25, 0.3) is 0 Å². The first-order valence-electron chi connectivity index (χ1n) is 7.79. The highest BCUT2D eigenvalue weighted by Gasteiger charge is 2.31. The van der Waals surface area contributed by atoms with Crippen molar-refractivity contribution in [3.8, 4) is 0 Å². The summed E-state index contributed by atoms with van der Waals surface area (Å²) in [4.78, 5) is 15.0. The van der Waals surface area contributed by atoms with Crippen LogP contribution in [0.2, 0.25) is 0 Å². The van der Waals surface area contributed by atoms with Crippen LogP contribution in [0.3, 0.4) is 0 Å². The first-order valence-corrected chi connectivity index (χ1v) is 7.79. The normalized spacial score (nSPS) is 23.4. The molecule has 2 atom stereocenters. The van der Waals surface area contributed by atoms with Crippen molar-refractivity contribution in [3.63, 3.8) is 0 Å². The Morgan fingerprint density at radius 2 is 2.15 bits per heavy atom. The summed E-state index contributed by atoms with van der Waals surface area (Å²) in [6, 6.07) is 4.95. The van der Waals surface area contributed by atoms with E-state index in [0.29, 0.717) is 18.1 Å². The maximum Gasteiger partial charge on any atom is 0.270 e. The van der Waals surface area contributed by atoms with Crippen LogP contribution >= 0.6 is 0 Å². The maximum absolute atomic E-state index is 12.9. The molecular weight excluding hydrogens is 250 g/mol. The highest BCUT2D eigenvalue weighted by atomic mass is 16.2. The molecule has 1 fully saturated rings. The van der Waals surface area contributed by atoms with Crippen molar-refractivity contribution in [2.75, 3.05) is 13.1 Å². The number of rotatable bonds is 4. The second kappa shape index (κ2) is 6.44. The fraction of sp³-hybridized carbons (Fsp3) is 0.688. The second-order valence-electron chi connectivity index (χ2n) is 5.93.